The fourth-order valence-corrected chi connectivity index (χ4v) is 4.34. The first-order valence-electron chi connectivity index (χ1n) is 10.4. The summed E-state index contributed by atoms with van der Waals surface area (Å²) >= 11 is 7.14. The van der Waals surface area contributed by atoms with E-state index in [4.69, 9.17) is 21.1 Å². The molecule has 0 spiro atoms. The van der Waals surface area contributed by atoms with Gasteiger partial charge in [-0.2, -0.15) is 0 Å². The van der Waals surface area contributed by atoms with Gasteiger partial charge in [0.1, 0.15) is 6.61 Å². The number of hydrogen-bond donors (Lipinski definition) is 0. The quantitative estimate of drug-likeness (QED) is 0.346. The largest absolute Gasteiger partial charge is 0.490 e. The van der Waals surface area contributed by atoms with Crippen molar-refractivity contribution in [2.45, 2.75) is 20.5 Å². The predicted molar refractivity (Wildman–Crippen MR) is 133 cm³/mol. The van der Waals surface area contributed by atoms with Crippen molar-refractivity contribution in [1.29, 1.82) is 0 Å². The van der Waals surface area contributed by atoms with E-state index in [-0.39, 0.29) is 11.1 Å². The molecule has 0 atom stereocenters. The summed E-state index contributed by atoms with van der Waals surface area (Å²) in [5.74, 6) is 0.781. The molecule has 0 radical (unpaired) electrons. The minimum atomic E-state index is -0.342. The summed E-state index contributed by atoms with van der Waals surface area (Å²) in [6.45, 7) is 4.59. The third-order valence-corrected chi connectivity index (χ3v) is 6.23. The van der Waals surface area contributed by atoms with E-state index in [1.54, 1.807) is 30.3 Å². The Morgan fingerprint density at radius 2 is 1.73 bits per heavy atom. The second kappa shape index (κ2) is 10.1. The van der Waals surface area contributed by atoms with E-state index in [1.165, 1.54) is 4.90 Å². The SMILES string of the molecule is CCOc1cc(/C=C2\SC(=O)N(c3ccc(C)cc3)C2=O)ccc1OCc1ccccc1Cl. The number of benzene rings is 3. The third kappa shape index (κ3) is 5.24. The fraction of sp³-hybridized carbons (Fsp3) is 0.154. The van der Waals surface area contributed by atoms with Gasteiger partial charge in [0.2, 0.25) is 0 Å². The van der Waals surface area contributed by atoms with Crippen LogP contribution in [0.3, 0.4) is 0 Å². The lowest BCUT2D eigenvalue weighted by Crippen LogP contribution is -2.27. The van der Waals surface area contributed by atoms with Gasteiger partial charge in [-0.25, -0.2) is 4.90 Å². The Balaban J connectivity index is 1.55. The predicted octanol–water partition coefficient (Wildman–Crippen LogP) is 6.87. The van der Waals surface area contributed by atoms with Gasteiger partial charge in [0.05, 0.1) is 17.2 Å². The summed E-state index contributed by atoms with van der Waals surface area (Å²) in [6.07, 6.45) is 1.69. The molecule has 0 unspecified atom stereocenters. The van der Waals surface area contributed by atoms with Crippen LogP contribution in [0.2, 0.25) is 5.02 Å². The van der Waals surface area contributed by atoms with E-state index in [0.29, 0.717) is 40.3 Å². The molecule has 3 aromatic rings. The van der Waals surface area contributed by atoms with Crippen LogP contribution in [0.5, 0.6) is 11.5 Å². The van der Waals surface area contributed by atoms with Crippen LogP contribution in [0.1, 0.15) is 23.6 Å². The highest BCUT2D eigenvalue weighted by molar-refractivity contribution is 8.19. The molecule has 1 aliphatic rings. The Bertz CT molecular complexity index is 1220. The van der Waals surface area contributed by atoms with Crippen molar-refractivity contribution in [2.24, 2.45) is 0 Å². The molecule has 0 aromatic heterocycles. The molecule has 4 rings (SSSR count). The van der Waals surface area contributed by atoms with Gasteiger partial charge in [0.25, 0.3) is 11.1 Å². The Labute approximate surface area is 202 Å². The molecule has 1 heterocycles. The number of imide groups is 1. The van der Waals surface area contributed by atoms with Crippen molar-refractivity contribution < 1.29 is 19.1 Å². The maximum absolute atomic E-state index is 12.9. The first kappa shape index (κ1) is 23.0. The normalized spacial score (nSPS) is 14.8. The van der Waals surface area contributed by atoms with Gasteiger partial charge in [0.15, 0.2) is 11.5 Å². The highest BCUT2D eigenvalue weighted by Crippen LogP contribution is 2.37. The number of amides is 2. The van der Waals surface area contributed by atoms with Gasteiger partial charge >= 0.3 is 0 Å². The van der Waals surface area contributed by atoms with Gasteiger partial charge in [0, 0.05) is 10.6 Å². The molecule has 0 bridgehead atoms. The van der Waals surface area contributed by atoms with Crippen LogP contribution in [0, 0.1) is 6.92 Å². The zero-order valence-electron chi connectivity index (χ0n) is 18.2. The number of rotatable bonds is 7. The van der Waals surface area contributed by atoms with Crippen molar-refractivity contribution >= 4 is 46.3 Å². The van der Waals surface area contributed by atoms with Crippen LogP contribution in [0.15, 0.2) is 71.6 Å². The fourth-order valence-electron chi connectivity index (χ4n) is 3.31. The van der Waals surface area contributed by atoms with Crippen LogP contribution in [0.4, 0.5) is 10.5 Å². The minimum absolute atomic E-state index is 0.300. The van der Waals surface area contributed by atoms with Gasteiger partial charge in [-0.1, -0.05) is 53.6 Å². The van der Waals surface area contributed by atoms with Crippen molar-refractivity contribution in [3.8, 4) is 11.5 Å². The average molecular weight is 480 g/mol. The summed E-state index contributed by atoms with van der Waals surface area (Å²) in [5, 5.41) is 0.316. The smallest absolute Gasteiger partial charge is 0.298 e. The van der Waals surface area contributed by atoms with Gasteiger partial charge in [-0.05, 0) is 67.6 Å². The highest BCUT2D eigenvalue weighted by atomic mass is 35.5. The van der Waals surface area contributed by atoms with Gasteiger partial charge in [-0.3, -0.25) is 9.59 Å². The van der Waals surface area contributed by atoms with Crippen LogP contribution in [-0.2, 0) is 11.4 Å². The maximum atomic E-state index is 12.9. The third-order valence-electron chi connectivity index (χ3n) is 4.99. The Morgan fingerprint density at radius 3 is 2.45 bits per heavy atom. The van der Waals surface area contributed by atoms with Gasteiger partial charge in [-0.15, -0.1) is 0 Å². The van der Waals surface area contributed by atoms with Crippen molar-refractivity contribution in [3.63, 3.8) is 0 Å². The molecule has 5 nitrogen and oxygen atoms in total. The number of ether oxygens (including phenoxy) is 2. The number of thioether (sulfide) groups is 1. The van der Waals surface area contributed by atoms with E-state index in [9.17, 15) is 9.59 Å². The lowest BCUT2D eigenvalue weighted by atomic mass is 10.1. The Hall–Kier alpha value is -3.22. The maximum Gasteiger partial charge on any atom is 0.298 e. The number of carbonyl (C=O) groups excluding carboxylic acids is 2. The zero-order chi connectivity index (χ0) is 23.4. The number of nitrogens with zero attached hydrogens (tertiary/aromatic N) is 1. The number of aryl methyl sites for hydroxylation is 1. The topological polar surface area (TPSA) is 55.8 Å². The Morgan fingerprint density at radius 1 is 0.970 bits per heavy atom. The molecule has 1 aliphatic heterocycles. The van der Waals surface area contributed by atoms with Crippen LogP contribution < -0.4 is 14.4 Å². The molecule has 0 aliphatic carbocycles. The molecule has 1 saturated heterocycles. The molecule has 33 heavy (non-hydrogen) atoms. The average Bonchev–Trinajstić information content (AvgIpc) is 3.08. The summed E-state index contributed by atoms with van der Waals surface area (Å²) in [7, 11) is 0. The zero-order valence-corrected chi connectivity index (χ0v) is 19.8. The molecule has 7 heteroatoms. The van der Waals surface area contributed by atoms with Gasteiger partial charge < -0.3 is 9.47 Å². The molecule has 0 saturated carbocycles. The van der Waals surface area contributed by atoms with Crippen LogP contribution in [-0.4, -0.2) is 17.8 Å². The minimum Gasteiger partial charge on any atom is -0.490 e. The molecule has 1 fully saturated rings. The highest BCUT2D eigenvalue weighted by Gasteiger charge is 2.36. The van der Waals surface area contributed by atoms with E-state index >= 15 is 0 Å². The second-order valence-electron chi connectivity index (χ2n) is 7.37. The summed E-state index contributed by atoms with van der Waals surface area (Å²) in [6, 6.07) is 20.2. The van der Waals surface area contributed by atoms with Crippen LogP contribution in [0.25, 0.3) is 6.08 Å². The van der Waals surface area contributed by atoms with E-state index in [1.807, 2.05) is 56.3 Å². The van der Waals surface area contributed by atoms with E-state index in [2.05, 4.69) is 0 Å². The first-order valence-corrected chi connectivity index (χ1v) is 11.6. The van der Waals surface area contributed by atoms with Crippen molar-refractivity contribution in [1.82, 2.24) is 0 Å². The molecule has 168 valence electrons. The molecule has 2 amide bonds. The number of anilines is 1. The monoisotopic (exact) mass is 479 g/mol. The Kier molecular flexibility index (Phi) is 7.06. The molecular weight excluding hydrogens is 458 g/mol. The lowest BCUT2D eigenvalue weighted by Gasteiger charge is -2.13. The lowest BCUT2D eigenvalue weighted by molar-refractivity contribution is -0.113. The van der Waals surface area contributed by atoms with E-state index in [0.717, 1.165) is 28.5 Å². The molecule has 3 aromatic carbocycles. The summed E-state index contributed by atoms with van der Waals surface area (Å²) in [4.78, 5) is 27.0. The number of carbonyl (C=O) groups is 2. The summed E-state index contributed by atoms with van der Waals surface area (Å²) < 4.78 is 11.7. The first-order chi connectivity index (χ1) is 16.0. The van der Waals surface area contributed by atoms with E-state index < -0.39 is 0 Å². The van der Waals surface area contributed by atoms with Crippen molar-refractivity contribution in [2.75, 3.05) is 11.5 Å². The molecular formula is C26H22ClNO4S. The number of hydrogen-bond acceptors (Lipinski definition) is 5. The molecule has 0 N–H and O–H groups in total. The standard InChI is InChI=1S/C26H22ClNO4S/c1-3-31-23-14-18(10-13-22(23)32-16-19-6-4-5-7-21(19)27)15-24-25(29)28(26(30)33-24)20-11-8-17(2)9-12-20/h4-15H,3,16H2,1-2H3/b24-15-. The summed E-state index contributed by atoms with van der Waals surface area (Å²) in [5.41, 5.74) is 3.22. The second-order valence-corrected chi connectivity index (χ2v) is 8.77. The van der Waals surface area contributed by atoms with Crippen molar-refractivity contribution in [3.05, 3.63) is 93.3 Å². The number of halogens is 1. The van der Waals surface area contributed by atoms with Crippen LogP contribution >= 0.6 is 23.4 Å².